The molecule has 1 amide bonds. The van der Waals surface area contributed by atoms with Gasteiger partial charge in [-0.2, -0.15) is 0 Å². The van der Waals surface area contributed by atoms with Crippen molar-refractivity contribution in [1.82, 2.24) is 0 Å². The summed E-state index contributed by atoms with van der Waals surface area (Å²) in [4.78, 5) is 14.9. The SMILES string of the molecule is Cl.Cl.NC(CC(=O)Nc1ccccc1N1CCCCCC1)c1ccccc1. The van der Waals surface area contributed by atoms with E-state index >= 15 is 0 Å². The molecule has 27 heavy (non-hydrogen) atoms. The second kappa shape index (κ2) is 11.9. The van der Waals surface area contributed by atoms with Crippen LogP contribution < -0.4 is 16.0 Å². The summed E-state index contributed by atoms with van der Waals surface area (Å²) in [7, 11) is 0. The molecule has 0 spiro atoms. The largest absolute Gasteiger partial charge is 0.370 e. The molecule has 6 heteroatoms. The van der Waals surface area contributed by atoms with E-state index in [2.05, 4.69) is 16.3 Å². The van der Waals surface area contributed by atoms with Crippen molar-refractivity contribution in [3.8, 4) is 0 Å². The molecule has 0 aliphatic carbocycles. The van der Waals surface area contributed by atoms with Crippen molar-refractivity contribution in [3.63, 3.8) is 0 Å². The molecular weight excluding hydrogens is 381 g/mol. The number of nitrogens with two attached hydrogens (primary N) is 1. The Kier molecular flexibility index (Phi) is 10.2. The van der Waals surface area contributed by atoms with Gasteiger partial charge in [-0.15, -0.1) is 24.8 Å². The average Bonchev–Trinajstić information content (AvgIpc) is 2.92. The van der Waals surface area contributed by atoms with Crippen LogP contribution in [-0.4, -0.2) is 19.0 Å². The van der Waals surface area contributed by atoms with Crippen molar-refractivity contribution in [2.45, 2.75) is 38.1 Å². The van der Waals surface area contributed by atoms with E-state index in [9.17, 15) is 4.79 Å². The van der Waals surface area contributed by atoms with E-state index in [-0.39, 0.29) is 43.2 Å². The van der Waals surface area contributed by atoms with E-state index in [0.29, 0.717) is 0 Å². The van der Waals surface area contributed by atoms with Crippen molar-refractivity contribution in [1.29, 1.82) is 0 Å². The Morgan fingerprint density at radius 2 is 1.52 bits per heavy atom. The number of halogens is 2. The molecule has 1 aliphatic heterocycles. The lowest BCUT2D eigenvalue weighted by Gasteiger charge is -2.25. The first kappa shape index (κ1) is 23.3. The zero-order chi connectivity index (χ0) is 17.5. The maximum absolute atomic E-state index is 12.5. The molecule has 4 nitrogen and oxygen atoms in total. The van der Waals surface area contributed by atoms with E-state index in [0.717, 1.165) is 30.0 Å². The molecule has 1 fully saturated rings. The van der Waals surface area contributed by atoms with E-state index in [1.807, 2.05) is 48.5 Å². The van der Waals surface area contributed by atoms with Gasteiger partial charge < -0.3 is 16.0 Å². The van der Waals surface area contributed by atoms with Crippen molar-refractivity contribution in [3.05, 3.63) is 60.2 Å². The van der Waals surface area contributed by atoms with Crippen LogP contribution in [0.1, 0.15) is 43.7 Å². The van der Waals surface area contributed by atoms with Gasteiger partial charge in [0.15, 0.2) is 0 Å². The van der Waals surface area contributed by atoms with Crippen molar-refractivity contribution >= 4 is 42.1 Å². The number of hydrogen-bond acceptors (Lipinski definition) is 3. The average molecular weight is 410 g/mol. The highest BCUT2D eigenvalue weighted by Crippen LogP contribution is 2.28. The molecule has 3 N–H and O–H groups in total. The zero-order valence-electron chi connectivity index (χ0n) is 15.5. The monoisotopic (exact) mass is 409 g/mol. The Hall–Kier alpha value is -1.75. The van der Waals surface area contributed by atoms with Crippen LogP contribution >= 0.6 is 24.8 Å². The third-order valence-electron chi connectivity index (χ3n) is 4.76. The fourth-order valence-corrected chi connectivity index (χ4v) is 3.39. The highest BCUT2D eigenvalue weighted by atomic mass is 35.5. The van der Waals surface area contributed by atoms with Crippen LogP contribution in [0.25, 0.3) is 0 Å². The quantitative estimate of drug-likeness (QED) is 0.734. The first-order valence-electron chi connectivity index (χ1n) is 9.18. The van der Waals surface area contributed by atoms with Crippen LogP contribution in [0.5, 0.6) is 0 Å². The van der Waals surface area contributed by atoms with Gasteiger partial charge in [0.1, 0.15) is 0 Å². The predicted molar refractivity (Wildman–Crippen MR) is 118 cm³/mol. The molecular formula is C21H29Cl2N3O. The molecule has 1 unspecified atom stereocenters. The second-order valence-electron chi connectivity index (χ2n) is 6.69. The van der Waals surface area contributed by atoms with E-state index < -0.39 is 0 Å². The molecule has 1 saturated heterocycles. The van der Waals surface area contributed by atoms with Crippen LogP contribution in [0.2, 0.25) is 0 Å². The Labute approximate surface area is 174 Å². The minimum absolute atomic E-state index is 0. The summed E-state index contributed by atoms with van der Waals surface area (Å²) in [6.45, 7) is 2.10. The summed E-state index contributed by atoms with van der Waals surface area (Å²) in [6, 6.07) is 17.6. The number of carbonyl (C=O) groups excluding carboxylic acids is 1. The van der Waals surface area contributed by atoms with Gasteiger partial charge in [0, 0.05) is 25.6 Å². The van der Waals surface area contributed by atoms with Gasteiger partial charge in [-0.25, -0.2) is 0 Å². The number of nitrogens with zero attached hydrogens (tertiary/aromatic N) is 1. The number of nitrogens with one attached hydrogen (secondary N) is 1. The fraction of sp³-hybridized carbons (Fsp3) is 0.381. The van der Waals surface area contributed by atoms with E-state index in [4.69, 9.17) is 5.73 Å². The maximum Gasteiger partial charge on any atom is 0.226 e. The number of carbonyl (C=O) groups is 1. The number of benzene rings is 2. The van der Waals surface area contributed by atoms with Crippen molar-refractivity contribution in [2.24, 2.45) is 5.73 Å². The number of rotatable bonds is 5. The lowest BCUT2D eigenvalue weighted by atomic mass is 10.0. The van der Waals surface area contributed by atoms with Gasteiger partial charge in [-0.3, -0.25) is 4.79 Å². The van der Waals surface area contributed by atoms with E-state index in [1.165, 1.54) is 25.7 Å². The third-order valence-corrected chi connectivity index (χ3v) is 4.76. The molecule has 148 valence electrons. The van der Waals surface area contributed by atoms with Crippen LogP contribution in [0.4, 0.5) is 11.4 Å². The highest BCUT2D eigenvalue weighted by molar-refractivity contribution is 5.94. The summed E-state index contributed by atoms with van der Waals surface area (Å²) >= 11 is 0. The lowest BCUT2D eigenvalue weighted by molar-refractivity contribution is -0.116. The molecule has 1 atom stereocenters. The molecule has 1 heterocycles. The predicted octanol–water partition coefficient (Wildman–Crippen LogP) is 4.94. The Morgan fingerprint density at radius 1 is 0.926 bits per heavy atom. The maximum atomic E-state index is 12.5. The fourth-order valence-electron chi connectivity index (χ4n) is 3.39. The Morgan fingerprint density at radius 3 is 2.19 bits per heavy atom. The zero-order valence-corrected chi connectivity index (χ0v) is 17.1. The number of amides is 1. The molecule has 1 aliphatic rings. The topological polar surface area (TPSA) is 58.4 Å². The minimum Gasteiger partial charge on any atom is -0.370 e. The summed E-state index contributed by atoms with van der Waals surface area (Å²) in [6.07, 6.45) is 5.27. The van der Waals surface area contributed by atoms with Gasteiger partial charge in [0.25, 0.3) is 0 Å². The summed E-state index contributed by atoms with van der Waals surface area (Å²) in [5.74, 6) is -0.0429. The molecule has 0 saturated carbocycles. The van der Waals surface area contributed by atoms with Crippen LogP contribution in [0, 0.1) is 0 Å². The number of para-hydroxylation sites is 2. The normalized spacial score (nSPS) is 14.9. The number of hydrogen-bond donors (Lipinski definition) is 2. The first-order valence-corrected chi connectivity index (χ1v) is 9.18. The molecule has 2 aromatic rings. The third kappa shape index (κ3) is 6.73. The lowest BCUT2D eigenvalue weighted by Crippen LogP contribution is -2.26. The Bertz CT molecular complexity index is 689. The van der Waals surface area contributed by atoms with Gasteiger partial charge in [0.05, 0.1) is 11.4 Å². The first-order chi connectivity index (χ1) is 12.2. The molecule has 0 radical (unpaired) electrons. The van der Waals surface area contributed by atoms with Crippen molar-refractivity contribution < 1.29 is 4.79 Å². The summed E-state index contributed by atoms with van der Waals surface area (Å²) < 4.78 is 0. The molecule has 3 rings (SSSR count). The van der Waals surface area contributed by atoms with E-state index in [1.54, 1.807) is 0 Å². The summed E-state index contributed by atoms with van der Waals surface area (Å²) in [5, 5.41) is 3.07. The van der Waals surface area contributed by atoms with Gasteiger partial charge >= 0.3 is 0 Å². The molecule has 0 bridgehead atoms. The second-order valence-corrected chi connectivity index (χ2v) is 6.69. The Balaban J connectivity index is 0.00000182. The van der Waals surface area contributed by atoms with Crippen LogP contribution in [0.15, 0.2) is 54.6 Å². The smallest absolute Gasteiger partial charge is 0.226 e. The summed E-state index contributed by atoms with van der Waals surface area (Å²) in [5.41, 5.74) is 9.17. The van der Waals surface area contributed by atoms with Crippen LogP contribution in [0.3, 0.4) is 0 Å². The highest BCUT2D eigenvalue weighted by Gasteiger charge is 2.16. The van der Waals surface area contributed by atoms with Gasteiger partial charge in [0.2, 0.25) is 5.91 Å². The van der Waals surface area contributed by atoms with Gasteiger partial charge in [-0.1, -0.05) is 55.3 Å². The van der Waals surface area contributed by atoms with Crippen LogP contribution in [-0.2, 0) is 4.79 Å². The molecule has 0 aromatic heterocycles. The minimum atomic E-state index is -0.286. The number of anilines is 2. The molecule has 2 aromatic carbocycles. The standard InChI is InChI=1S/C21H27N3O.2ClH/c22-18(17-10-4-3-5-11-17)16-21(25)23-19-12-6-7-13-20(19)24-14-8-1-2-9-15-24;;/h3-7,10-13,18H,1-2,8-9,14-16,22H2,(H,23,25);2*1H. The van der Waals surface area contributed by atoms with Gasteiger partial charge in [-0.05, 0) is 30.5 Å². The van der Waals surface area contributed by atoms with Crippen molar-refractivity contribution in [2.75, 3.05) is 23.3 Å².